The minimum atomic E-state index is -0.272. The van der Waals surface area contributed by atoms with Crippen LogP contribution < -0.4 is 9.80 Å². The number of amides is 3. The van der Waals surface area contributed by atoms with Crippen LogP contribution in [0, 0.1) is 5.92 Å². The lowest BCUT2D eigenvalue weighted by atomic mass is 9.93. The SMILES string of the molecule is O=C(C1CCN(c2cccc3c2C(=O)N(Cc2nc4ccccc4s2)C3=O)CC1)N1CCN(c2ccccc2)CC1. The number of anilines is 2. The molecule has 0 N–H and O–H groups in total. The van der Waals surface area contributed by atoms with Gasteiger partial charge in [-0.1, -0.05) is 36.4 Å². The first-order valence-electron chi connectivity index (χ1n) is 14.2. The van der Waals surface area contributed by atoms with Crippen molar-refractivity contribution in [3.63, 3.8) is 0 Å². The fourth-order valence-corrected chi connectivity index (χ4v) is 7.25. The van der Waals surface area contributed by atoms with E-state index >= 15 is 0 Å². The zero-order valence-electron chi connectivity index (χ0n) is 22.7. The number of thiazole rings is 1. The van der Waals surface area contributed by atoms with E-state index in [1.54, 1.807) is 6.07 Å². The van der Waals surface area contributed by atoms with E-state index in [1.165, 1.54) is 21.9 Å². The van der Waals surface area contributed by atoms with Gasteiger partial charge in [0.15, 0.2) is 0 Å². The molecule has 0 spiro atoms. The summed E-state index contributed by atoms with van der Waals surface area (Å²) in [6.07, 6.45) is 1.47. The van der Waals surface area contributed by atoms with E-state index in [0.29, 0.717) is 24.2 Å². The number of carbonyl (C=O) groups excluding carboxylic acids is 3. The number of aromatic nitrogens is 1. The molecule has 1 aromatic heterocycles. The van der Waals surface area contributed by atoms with E-state index in [0.717, 1.165) is 59.9 Å². The molecule has 208 valence electrons. The number of hydrogen-bond donors (Lipinski definition) is 0. The molecule has 41 heavy (non-hydrogen) atoms. The predicted octanol–water partition coefficient (Wildman–Crippen LogP) is 4.66. The Morgan fingerprint density at radius 2 is 1.51 bits per heavy atom. The summed E-state index contributed by atoms with van der Waals surface area (Å²) >= 11 is 1.51. The lowest BCUT2D eigenvalue weighted by molar-refractivity contribution is -0.136. The van der Waals surface area contributed by atoms with Crippen LogP contribution in [0.5, 0.6) is 0 Å². The third-order valence-corrected chi connectivity index (χ3v) is 9.53. The molecule has 4 heterocycles. The molecule has 2 fully saturated rings. The lowest BCUT2D eigenvalue weighted by Gasteiger charge is -2.40. The summed E-state index contributed by atoms with van der Waals surface area (Å²) in [4.78, 5) is 52.7. The number of benzene rings is 3. The van der Waals surface area contributed by atoms with Crippen molar-refractivity contribution in [3.05, 3.63) is 88.9 Å². The van der Waals surface area contributed by atoms with Gasteiger partial charge in [-0.05, 0) is 49.2 Å². The van der Waals surface area contributed by atoms with Crippen LogP contribution in [0.3, 0.4) is 0 Å². The minimum Gasteiger partial charge on any atom is -0.371 e. The Kier molecular flexibility index (Phi) is 6.66. The summed E-state index contributed by atoms with van der Waals surface area (Å²) in [7, 11) is 0. The van der Waals surface area contributed by atoms with Gasteiger partial charge in [-0.3, -0.25) is 19.3 Å². The molecule has 0 radical (unpaired) electrons. The van der Waals surface area contributed by atoms with Crippen LogP contribution in [-0.4, -0.2) is 71.8 Å². The number of nitrogens with zero attached hydrogens (tertiary/aromatic N) is 5. The molecule has 0 atom stereocenters. The summed E-state index contributed by atoms with van der Waals surface area (Å²) in [5, 5.41) is 0.742. The van der Waals surface area contributed by atoms with Crippen LogP contribution in [0.2, 0.25) is 0 Å². The van der Waals surface area contributed by atoms with Crippen molar-refractivity contribution in [2.75, 3.05) is 49.1 Å². The summed E-state index contributed by atoms with van der Waals surface area (Å²) in [6, 6.07) is 23.7. The van der Waals surface area contributed by atoms with Crippen molar-refractivity contribution in [3.8, 4) is 0 Å². The van der Waals surface area contributed by atoms with Crippen molar-refractivity contribution < 1.29 is 14.4 Å². The van der Waals surface area contributed by atoms with E-state index in [9.17, 15) is 14.4 Å². The maximum absolute atomic E-state index is 13.6. The first kappa shape index (κ1) is 25.7. The van der Waals surface area contributed by atoms with Crippen LogP contribution in [-0.2, 0) is 11.3 Å². The first-order chi connectivity index (χ1) is 20.1. The predicted molar refractivity (Wildman–Crippen MR) is 160 cm³/mol. The monoisotopic (exact) mass is 565 g/mol. The third kappa shape index (κ3) is 4.74. The standard InChI is InChI=1S/C32H31N5O3S/c38-30(36-19-17-34(18-20-36)23-7-2-1-3-8-23)22-13-15-35(16-14-22)26-11-6-9-24-29(26)32(40)37(31(24)39)21-28-33-25-10-4-5-12-27(25)41-28/h1-12,22H,13-21H2. The fourth-order valence-electron chi connectivity index (χ4n) is 6.30. The maximum Gasteiger partial charge on any atom is 0.264 e. The first-order valence-corrected chi connectivity index (χ1v) is 15.1. The van der Waals surface area contributed by atoms with Gasteiger partial charge in [0.05, 0.1) is 33.6 Å². The Labute approximate surface area is 242 Å². The Morgan fingerprint density at radius 1 is 0.780 bits per heavy atom. The highest BCUT2D eigenvalue weighted by molar-refractivity contribution is 7.18. The Hall–Kier alpha value is -4.24. The quantitative estimate of drug-likeness (QED) is 0.328. The normalized spacial score (nSPS) is 18.0. The molecular formula is C32H31N5O3S. The second-order valence-electron chi connectivity index (χ2n) is 10.9. The molecule has 3 aliphatic rings. The molecule has 8 nitrogen and oxygen atoms in total. The maximum atomic E-state index is 13.6. The second kappa shape index (κ2) is 10.6. The van der Waals surface area contributed by atoms with Gasteiger partial charge in [0.2, 0.25) is 5.91 Å². The lowest BCUT2D eigenvalue weighted by Crippen LogP contribution is -2.51. The van der Waals surface area contributed by atoms with E-state index in [2.05, 4.69) is 26.9 Å². The molecule has 3 aliphatic heterocycles. The van der Waals surface area contributed by atoms with Crippen LogP contribution >= 0.6 is 11.3 Å². The molecule has 0 unspecified atom stereocenters. The average Bonchev–Trinajstić information content (AvgIpc) is 3.55. The average molecular weight is 566 g/mol. The molecule has 0 saturated carbocycles. The Morgan fingerprint density at radius 3 is 2.27 bits per heavy atom. The van der Waals surface area contributed by atoms with Gasteiger partial charge in [-0.15, -0.1) is 11.3 Å². The van der Waals surface area contributed by atoms with Gasteiger partial charge in [0.25, 0.3) is 11.8 Å². The molecule has 3 aromatic carbocycles. The number of imide groups is 1. The molecule has 2 saturated heterocycles. The number of rotatable bonds is 5. The number of carbonyl (C=O) groups is 3. The Bertz CT molecular complexity index is 1590. The number of hydrogen-bond acceptors (Lipinski definition) is 7. The van der Waals surface area contributed by atoms with Crippen molar-refractivity contribution in [2.45, 2.75) is 19.4 Å². The van der Waals surface area contributed by atoms with Crippen LogP contribution in [0.25, 0.3) is 10.2 Å². The zero-order valence-corrected chi connectivity index (χ0v) is 23.6. The molecule has 9 heteroatoms. The van der Waals surface area contributed by atoms with Crippen LogP contribution in [0.4, 0.5) is 11.4 Å². The van der Waals surface area contributed by atoms with Gasteiger partial charge < -0.3 is 14.7 Å². The van der Waals surface area contributed by atoms with E-state index < -0.39 is 0 Å². The van der Waals surface area contributed by atoms with Crippen molar-refractivity contribution in [1.82, 2.24) is 14.8 Å². The van der Waals surface area contributed by atoms with Crippen molar-refractivity contribution in [1.29, 1.82) is 0 Å². The second-order valence-corrected chi connectivity index (χ2v) is 12.0. The highest BCUT2D eigenvalue weighted by Gasteiger charge is 2.40. The van der Waals surface area contributed by atoms with E-state index in [4.69, 9.17) is 0 Å². The molecule has 4 aromatic rings. The van der Waals surface area contributed by atoms with Crippen LogP contribution in [0.15, 0.2) is 72.8 Å². The molecule has 3 amide bonds. The van der Waals surface area contributed by atoms with Crippen molar-refractivity contribution in [2.24, 2.45) is 5.92 Å². The van der Waals surface area contributed by atoms with Crippen molar-refractivity contribution >= 4 is 50.6 Å². The third-order valence-electron chi connectivity index (χ3n) is 8.51. The largest absolute Gasteiger partial charge is 0.371 e. The molecule has 7 rings (SSSR count). The van der Waals surface area contributed by atoms with E-state index in [-0.39, 0.29) is 30.2 Å². The van der Waals surface area contributed by atoms with Gasteiger partial charge in [0, 0.05) is 50.9 Å². The molecule has 0 bridgehead atoms. The highest BCUT2D eigenvalue weighted by Crippen LogP contribution is 2.35. The number of piperazine rings is 1. The van der Waals surface area contributed by atoms with Gasteiger partial charge in [0.1, 0.15) is 5.01 Å². The van der Waals surface area contributed by atoms with Gasteiger partial charge in [-0.2, -0.15) is 0 Å². The fraction of sp³-hybridized carbons (Fsp3) is 0.312. The minimum absolute atomic E-state index is 0.0147. The Balaban J connectivity index is 1.00. The summed E-state index contributed by atoms with van der Waals surface area (Å²) < 4.78 is 1.04. The summed E-state index contributed by atoms with van der Waals surface area (Å²) in [5.74, 6) is -0.316. The zero-order chi connectivity index (χ0) is 27.9. The highest BCUT2D eigenvalue weighted by atomic mass is 32.1. The van der Waals surface area contributed by atoms with Gasteiger partial charge >= 0.3 is 0 Å². The summed E-state index contributed by atoms with van der Waals surface area (Å²) in [6.45, 7) is 4.68. The number of fused-ring (bicyclic) bond motifs is 2. The smallest absolute Gasteiger partial charge is 0.264 e. The van der Waals surface area contributed by atoms with Crippen LogP contribution in [0.1, 0.15) is 38.6 Å². The van der Waals surface area contributed by atoms with E-state index in [1.807, 2.05) is 59.5 Å². The summed E-state index contributed by atoms with van der Waals surface area (Å²) in [5.41, 5.74) is 3.79. The molecule has 0 aliphatic carbocycles. The topological polar surface area (TPSA) is 77.1 Å². The number of para-hydroxylation sites is 2. The molecular weight excluding hydrogens is 534 g/mol. The van der Waals surface area contributed by atoms with Gasteiger partial charge in [-0.25, -0.2) is 4.98 Å². The number of piperidine rings is 1.